The van der Waals surface area contributed by atoms with Gasteiger partial charge < -0.3 is 0 Å². The second kappa shape index (κ2) is 5.79. The Labute approximate surface area is 123 Å². The van der Waals surface area contributed by atoms with Crippen LogP contribution in [0.4, 0.5) is 0 Å². The molecule has 0 unspecified atom stereocenters. The topological polar surface area (TPSA) is 58.2 Å². The Morgan fingerprint density at radius 2 is 1.48 bits per heavy atom. The van der Waals surface area contributed by atoms with Crippen molar-refractivity contribution in [3.63, 3.8) is 0 Å². The molecule has 0 radical (unpaired) electrons. The molecule has 1 saturated carbocycles. The van der Waals surface area contributed by atoms with Gasteiger partial charge in [-0.2, -0.15) is 0 Å². The lowest BCUT2D eigenvalue weighted by molar-refractivity contribution is -0.123. The summed E-state index contributed by atoms with van der Waals surface area (Å²) in [4.78, 5) is 23.8. The van der Waals surface area contributed by atoms with Crippen LogP contribution in [0.25, 0.3) is 0 Å². The minimum Gasteiger partial charge on any atom is -0.273 e. The van der Waals surface area contributed by atoms with Crippen molar-refractivity contribution in [1.82, 2.24) is 10.9 Å². The monoisotopic (exact) mass is 280 g/mol. The molecule has 1 aliphatic carbocycles. The maximum atomic E-state index is 12.0. The molecule has 1 aliphatic rings. The van der Waals surface area contributed by atoms with Crippen LogP contribution in [0.3, 0.4) is 0 Å². The third-order valence-corrected chi connectivity index (χ3v) is 3.69. The lowest BCUT2D eigenvalue weighted by Gasteiger charge is -2.07. The number of hydrazine groups is 1. The molecule has 0 bridgehead atoms. The van der Waals surface area contributed by atoms with Crippen molar-refractivity contribution in [2.45, 2.75) is 12.3 Å². The van der Waals surface area contributed by atoms with E-state index in [0.717, 1.165) is 6.42 Å². The number of carbonyl (C=O) groups is 2. The summed E-state index contributed by atoms with van der Waals surface area (Å²) >= 11 is 0. The second-order valence-corrected chi connectivity index (χ2v) is 5.17. The van der Waals surface area contributed by atoms with Gasteiger partial charge in [0.05, 0.1) is 0 Å². The van der Waals surface area contributed by atoms with Gasteiger partial charge in [0.15, 0.2) is 0 Å². The SMILES string of the molecule is O=C(NNC(=O)[C@@H]1C[C@H]1c1ccccc1)c1ccccc1. The number of nitrogens with one attached hydrogen (secondary N) is 2. The van der Waals surface area contributed by atoms with Crippen LogP contribution in [-0.2, 0) is 4.79 Å². The van der Waals surface area contributed by atoms with Gasteiger partial charge in [0.2, 0.25) is 5.91 Å². The Bertz CT molecular complexity index is 640. The van der Waals surface area contributed by atoms with E-state index in [-0.39, 0.29) is 23.7 Å². The van der Waals surface area contributed by atoms with E-state index < -0.39 is 0 Å². The normalized spacial score (nSPS) is 19.6. The molecule has 106 valence electrons. The summed E-state index contributed by atoms with van der Waals surface area (Å²) in [5.74, 6) is -0.225. The molecular weight excluding hydrogens is 264 g/mol. The van der Waals surface area contributed by atoms with Gasteiger partial charge >= 0.3 is 0 Å². The highest BCUT2D eigenvalue weighted by atomic mass is 16.2. The van der Waals surface area contributed by atoms with Gasteiger partial charge in [0, 0.05) is 11.5 Å². The molecular formula is C17H16N2O2. The summed E-state index contributed by atoms with van der Waals surface area (Å²) in [5.41, 5.74) is 6.65. The average molecular weight is 280 g/mol. The first-order valence-corrected chi connectivity index (χ1v) is 6.96. The predicted octanol–water partition coefficient (Wildman–Crippen LogP) is 2.25. The quantitative estimate of drug-likeness (QED) is 0.847. The summed E-state index contributed by atoms with van der Waals surface area (Å²) in [7, 11) is 0. The van der Waals surface area contributed by atoms with E-state index in [2.05, 4.69) is 10.9 Å². The molecule has 2 N–H and O–H groups in total. The van der Waals surface area contributed by atoms with E-state index in [0.29, 0.717) is 5.56 Å². The van der Waals surface area contributed by atoms with E-state index >= 15 is 0 Å². The van der Waals surface area contributed by atoms with Crippen LogP contribution in [0.5, 0.6) is 0 Å². The number of benzene rings is 2. The number of amides is 2. The van der Waals surface area contributed by atoms with Crippen LogP contribution < -0.4 is 10.9 Å². The minimum atomic E-state index is -0.305. The Hall–Kier alpha value is -2.62. The molecule has 4 heteroatoms. The second-order valence-electron chi connectivity index (χ2n) is 5.17. The van der Waals surface area contributed by atoms with Crippen LogP contribution in [-0.4, -0.2) is 11.8 Å². The first-order valence-electron chi connectivity index (χ1n) is 6.96. The summed E-state index contributed by atoms with van der Waals surface area (Å²) in [5, 5.41) is 0. The van der Waals surface area contributed by atoms with Crippen LogP contribution in [0.15, 0.2) is 60.7 Å². The summed E-state index contributed by atoms with van der Waals surface area (Å²) < 4.78 is 0. The fourth-order valence-electron chi connectivity index (χ4n) is 2.43. The van der Waals surface area contributed by atoms with E-state index in [1.165, 1.54) is 5.56 Å². The van der Waals surface area contributed by atoms with Gasteiger partial charge in [-0.3, -0.25) is 20.4 Å². The summed E-state index contributed by atoms with van der Waals surface area (Å²) in [6, 6.07) is 18.8. The molecule has 0 aliphatic heterocycles. The van der Waals surface area contributed by atoms with Crippen LogP contribution in [0, 0.1) is 5.92 Å². The predicted molar refractivity (Wildman–Crippen MR) is 79.3 cm³/mol. The van der Waals surface area contributed by atoms with Gasteiger partial charge in [-0.05, 0) is 30.0 Å². The van der Waals surface area contributed by atoms with Crippen LogP contribution in [0.2, 0.25) is 0 Å². The Balaban J connectivity index is 1.51. The fourth-order valence-corrected chi connectivity index (χ4v) is 2.43. The third kappa shape index (κ3) is 3.11. The zero-order valence-corrected chi connectivity index (χ0v) is 11.5. The van der Waals surface area contributed by atoms with E-state index in [1.807, 2.05) is 36.4 Å². The van der Waals surface area contributed by atoms with Crippen molar-refractivity contribution < 1.29 is 9.59 Å². The van der Waals surface area contributed by atoms with Crippen LogP contribution in [0.1, 0.15) is 28.3 Å². The Kier molecular flexibility index (Phi) is 3.69. The maximum absolute atomic E-state index is 12.0. The zero-order chi connectivity index (χ0) is 14.7. The number of rotatable bonds is 3. The first kappa shape index (κ1) is 13.4. The van der Waals surface area contributed by atoms with Crippen LogP contribution >= 0.6 is 0 Å². The largest absolute Gasteiger partial charge is 0.273 e. The van der Waals surface area contributed by atoms with Gasteiger partial charge in [-0.1, -0.05) is 48.5 Å². The molecule has 0 heterocycles. The molecule has 4 nitrogen and oxygen atoms in total. The Morgan fingerprint density at radius 3 is 2.14 bits per heavy atom. The molecule has 2 aromatic rings. The number of hydrogen-bond acceptors (Lipinski definition) is 2. The van der Waals surface area contributed by atoms with E-state index in [9.17, 15) is 9.59 Å². The lowest BCUT2D eigenvalue weighted by atomic mass is 10.1. The molecule has 2 atom stereocenters. The van der Waals surface area contributed by atoms with Crippen molar-refractivity contribution in [2.24, 2.45) is 5.92 Å². The molecule has 2 aromatic carbocycles. The molecule has 2 amide bonds. The Morgan fingerprint density at radius 1 is 0.857 bits per heavy atom. The molecule has 0 saturated heterocycles. The van der Waals surface area contributed by atoms with Crippen molar-refractivity contribution in [3.8, 4) is 0 Å². The maximum Gasteiger partial charge on any atom is 0.269 e. The van der Waals surface area contributed by atoms with Gasteiger partial charge in [-0.25, -0.2) is 0 Å². The summed E-state index contributed by atoms with van der Waals surface area (Å²) in [6.45, 7) is 0. The lowest BCUT2D eigenvalue weighted by Crippen LogP contribution is -2.42. The van der Waals surface area contributed by atoms with Gasteiger partial charge in [0.25, 0.3) is 5.91 Å². The molecule has 0 spiro atoms. The highest BCUT2D eigenvalue weighted by Crippen LogP contribution is 2.47. The van der Waals surface area contributed by atoms with E-state index in [1.54, 1.807) is 24.3 Å². The van der Waals surface area contributed by atoms with E-state index in [4.69, 9.17) is 0 Å². The number of hydrogen-bond donors (Lipinski definition) is 2. The van der Waals surface area contributed by atoms with Gasteiger partial charge in [-0.15, -0.1) is 0 Å². The smallest absolute Gasteiger partial charge is 0.269 e. The van der Waals surface area contributed by atoms with Crippen molar-refractivity contribution in [2.75, 3.05) is 0 Å². The zero-order valence-electron chi connectivity index (χ0n) is 11.5. The molecule has 0 aromatic heterocycles. The third-order valence-electron chi connectivity index (χ3n) is 3.69. The standard InChI is InChI=1S/C17H16N2O2/c20-16(13-9-5-2-6-10-13)18-19-17(21)15-11-14(15)12-7-3-1-4-8-12/h1-10,14-15H,11H2,(H,18,20)(H,19,21)/t14-,15+/m0/s1. The van der Waals surface area contributed by atoms with Crippen molar-refractivity contribution >= 4 is 11.8 Å². The first-order chi connectivity index (χ1) is 10.3. The summed E-state index contributed by atoms with van der Waals surface area (Å²) in [6.07, 6.45) is 0.830. The number of carbonyl (C=O) groups excluding carboxylic acids is 2. The van der Waals surface area contributed by atoms with Gasteiger partial charge in [0.1, 0.15) is 0 Å². The van der Waals surface area contributed by atoms with Crippen molar-refractivity contribution in [3.05, 3.63) is 71.8 Å². The average Bonchev–Trinajstić information content (AvgIpc) is 3.35. The highest BCUT2D eigenvalue weighted by molar-refractivity contribution is 5.95. The molecule has 21 heavy (non-hydrogen) atoms. The minimum absolute atomic E-state index is 0.0523. The highest BCUT2D eigenvalue weighted by Gasteiger charge is 2.43. The molecule has 1 fully saturated rings. The molecule has 3 rings (SSSR count). The van der Waals surface area contributed by atoms with Crippen molar-refractivity contribution in [1.29, 1.82) is 0 Å². The fraction of sp³-hybridized carbons (Fsp3) is 0.176.